The summed E-state index contributed by atoms with van der Waals surface area (Å²) in [5.74, 6) is 4.08. The van der Waals surface area contributed by atoms with Gasteiger partial charge in [0.1, 0.15) is 11.5 Å². The molecule has 3 heteroatoms. The van der Waals surface area contributed by atoms with Crippen LogP contribution in [0.4, 0.5) is 0 Å². The first-order valence-corrected chi connectivity index (χ1v) is 5.02. The van der Waals surface area contributed by atoms with Crippen molar-refractivity contribution in [1.29, 1.82) is 0 Å². The second-order valence-electron chi connectivity index (χ2n) is 3.15. The molecule has 1 radical (unpaired) electrons. The van der Waals surface area contributed by atoms with E-state index in [0.717, 1.165) is 0 Å². The molecule has 0 N–H and O–H groups in total. The normalized spacial score (nSPS) is 9.35. The van der Waals surface area contributed by atoms with Crippen LogP contribution in [0.25, 0.3) is 0 Å². The minimum absolute atomic E-state index is 0.533. The number of terminal acetylenes is 1. The molecule has 0 atom stereocenters. The van der Waals surface area contributed by atoms with Crippen molar-refractivity contribution < 1.29 is 9.47 Å². The van der Waals surface area contributed by atoms with E-state index >= 15 is 0 Å². The van der Waals surface area contributed by atoms with Crippen molar-refractivity contribution in [3.05, 3.63) is 55.3 Å². The molecule has 0 aliphatic heterocycles. The standard InChI is InChI=1S/C14H10NO2/c1-2-10-16-12-6-5-7-13(11-12)17-14-8-3-4-9-15-14/h1,3-11H. The third kappa shape index (κ3) is 3.25. The van der Waals surface area contributed by atoms with Crippen LogP contribution in [0.15, 0.2) is 48.7 Å². The quantitative estimate of drug-likeness (QED) is 0.748. The molecule has 2 rings (SSSR count). The van der Waals surface area contributed by atoms with Crippen LogP contribution in [0.3, 0.4) is 0 Å². The maximum atomic E-state index is 5.54. The molecule has 0 spiro atoms. The van der Waals surface area contributed by atoms with Gasteiger partial charge in [0.05, 0.1) is 0 Å². The molecule has 0 unspecified atom stereocenters. The molecular formula is C14H10NO2. The van der Waals surface area contributed by atoms with Gasteiger partial charge >= 0.3 is 0 Å². The van der Waals surface area contributed by atoms with Crippen molar-refractivity contribution in [3.8, 4) is 29.7 Å². The number of pyridine rings is 1. The Morgan fingerprint density at radius 2 is 2.00 bits per heavy atom. The fraction of sp³-hybridized carbons (Fsp3) is 0. The van der Waals surface area contributed by atoms with Gasteiger partial charge in [-0.3, -0.25) is 0 Å². The van der Waals surface area contributed by atoms with Crippen LogP contribution in [-0.2, 0) is 0 Å². The van der Waals surface area contributed by atoms with Gasteiger partial charge < -0.3 is 9.47 Å². The van der Waals surface area contributed by atoms with E-state index in [4.69, 9.17) is 15.9 Å². The van der Waals surface area contributed by atoms with Gasteiger partial charge in [0.15, 0.2) is 0 Å². The number of hydrogen-bond acceptors (Lipinski definition) is 3. The van der Waals surface area contributed by atoms with Crippen LogP contribution >= 0.6 is 0 Å². The van der Waals surface area contributed by atoms with E-state index in [1.54, 1.807) is 24.4 Å². The molecule has 3 nitrogen and oxygen atoms in total. The summed E-state index contributed by atoms with van der Waals surface area (Å²) in [7, 11) is 0. The summed E-state index contributed by atoms with van der Waals surface area (Å²) in [5.41, 5.74) is 0. The molecule has 0 aliphatic rings. The van der Waals surface area contributed by atoms with Crippen LogP contribution in [0, 0.1) is 19.0 Å². The molecular weight excluding hydrogens is 214 g/mol. The number of rotatable bonds is 4. The van der Waals surface area contributed by atoms with Crippen molar-refractivity contribution in [2.45, 2.75) is 0 Å². The minimum Gasteiger partial charge on any atom is -0.473 e. The molecule has 0 saturated heterocycles. The Balaban J connectivity index is 2.09. The number of aromatic nitrogens is 1. The molecule has 0 aliphatic carbocycles. The van der Waals surface area contributed by atoms with Gasteiger partial charge in [0.2, 0.25) is 12.5 Å². The number of benzene rings is 1. The van der Waals surface area contributed by atoms with Gasteiger partial charge in [-0.15, -0.1) is 6.42 Å². The highest BCUT2D eigenvalue weighted by Gasteiger charge is 1.99. The summed E-state index contributed by atoms with van der Waals surface area (Å²) in [5, 5.41) is 0. The van der Waals surface area contributed by atoms with Gasteiger partial charge in [-0.2, -0.15) is 0 Å². The smallest absolute Gasteiger partial charge is 0.219 e. The first kappa shape index (κ1) is 11.0. The van der Waals surface area contributed by atoms with Crippen molar-refractivity contribution in [1.82, 2.24) is 4.98 Å². The summed E-state index contributed by atoms with van der Waals surface area (Å²) in [6.45, 7) is 1.28. The predicted octanol–water partition coefficient (Wildman–Crippen LogP) is 3.05. The zero-order valence-corrected chi connectivity index (χ0v) is 9.04. The SMILES string of the molecule is C#C[CH]Oc1cccc(Oc2ccccn2)c1. The summed E-state index contributed by atoms with van der Waals surface area (Å²) in [6.07, 6.45) is 6.73. The number of ether oxygens (including phenoxy) is 2. The minimum atomic E-state index is 0.533. The lowest BCUT2D eigenvalue weighted by molar-refractivity contribution is 0.427. The average Bonchev–Trinajstić information content (AvgIpc) is 2.38. The molecule has 0 saturated carbocycles. The van der Waals surface area contributed by atoms with Crippen LogP contribution in [0.5, 0.6) is 17.4 Å². The van der Waals surface area contributed by atoms with Crippen molar-refractivity contribution in [3.63, 3.8) is 0 Å². The maximum absolute atomic E-state index is 5.54. The van der Waals surface area contributed by atoms with Crippen molar-refractivity contribution in [2.24, 2.45) is 0 Å². The molecule has 0 bridgehead atoms. The van der Waals surface area contributed by atoms with E-state index in [1.807, 2.05) is 24.3 Å². The predicted molar refractivity (Wildman–Crippen MR) is 64.5 cm³/mol. The lowest BCUT2D eigenvalue weighted by Gasteiger charge is -2.06. The van der Waals surface area contributed by atoms with Crippen LogP contribution in [0.1, 0.15) is 0 Å². The van der Waals surface area contributed by atoms with Gasteiger partial charge in [0, 0.05) is 18.3 Å². The van der Waals surface area contributed by atoms with Gasteiger partial charge in [-0.1, -0.05) is 18.1 Å². The molecule has 1 aromatic carbocycles. The Labute approximate surface area is 100 Å². The van der Waals surface area contributed by atoms with E-state index in [0.29, 0.717) is 17.4 Å². The van der Waals surface area contributed by atoms with Crippen molar-refractivity contribution >= 4 is 0 Å². The first-order chi connectivity index (χ1) is 8.38. The average molecular weight is 224 g/mol. The molecule has 17 heavy (non-hydrogen) atoms. The van der Waals surface area contributed by atoms with E-state index in [9.17, 15) is 0 Å². The van der Waals surface area contributed by atoms with Crippen LogP contribution in [-0.4, -0.2) is 4.98 Å². The van der Waals surface area contributed by atoms with Crippen LogP contribution in [0.2, 0.25) is 0 Å². The Kier molecular flexibility index (Phi) is 3.61. The van der Waals surface area contributed by atoms with Gasteiger partial charge in [-0.05, 0) is 18.2 Å². The zero-order valence-electron chi connectivity index (χ0n) is 9.04. The van der Waals surface area contributed by atoms with E-state index in [1.165, 1.54) is 6.61 Å². The second kappa shape index (κ2) is 5.57. The van der Waals surface area contributed by atoms with E-state index in [-0.39, 0.29) is 0 Å². The third-order valence-electron chi connectivity index (χ3n) is 1.93. The fourth-order valence-corrected chi connectivity index (χ4v) is 1.24. The number of hydrogen-bond donors (Lipinski definition) is 0. The Hall–Kier alpha value is -2.47. The monoisotopic (exact) mass is 224 g/mol. The molecule has 0 amide bonds. The molecule has 1 aromatic heterocycles. The van der Waals surface area contributed by atoms with Gasteiger partial charge in [0.25, 0.3) is 0 Å². The molecule has 83 valence electrons. The topological polar surface area (TPSA) is 31.4 Å². The molecule has 2 aromatic rings. The summed E-state index contributed by atoms with van der Waals surface area (Å²) >= 11 is 0. The maximum Gasteiger partial charge on any atom is 0.219 e. The third-order valence-corrected chi connectivity index (χ3v) is 1.93. The Morgan fingerprint density at radius 1 is 1.12 bits per heavy atom. The Morgan fingerprint density at radius 3 is 2.76 bits per heavy atom. The summed E-state index contributed by atoms with van der Waals surface area (Å²) < 4.78 is 10.7. The highest BCUT2D eigenvalue weighted by molar-refractivity contribution is 5.35. The molecule has 1 heterocycles. The van der Waals surface area contributed by atoms with Crippen molar-refractivity contribution in [2.75, 3.05) is 0 Å². The highest BCUT2D eigenvalue weighted by Crippen LogP contribution is 2.23. The summed E-state index contributed by atoms with van der Waals surface area (Å²) in [6, 6.07) is 12.6. The first-order valence-electron chi connectivity index (χ1n) is 5.02. The lowest BCUT2D eigenvalue weighted by atomic mass is 10.3. The van der Waals surface area contributed by atoms with E-state index < -0.39 is 0 Å². The van der Waals surface area contributed by atoms with Crippen LogP contribution < -0.4 is 9.47 Å². The zero-order chi connectivity index (χ0) is 11.9. The molecule has 0 fully saturated rings. The fourth-order valence-electron chi connectivity index (χ4n) is 1.24. The lowest BCUT2D eigenvalue weighted by Crippen LogP contribution is -1.89. The Bertz CT molecular complexity index is 517. The number of nitrogens with zero attached hydrogens (tertiary/aromatic N) is 1. The largest absolute Gasteiger partial charge is 0.473 e. The second-order valence-corrected chi connectivity index (χ2v) is 3.15. The van der Waals surface area contributed by atoms with Gasteiger partial charge in [-0.25, -0.2) is 4.98 Å². The van der Waals surface area contributed by atoms with E-state index in [2.05, 4.69) is 10.9 Å². The highest BCUT2D eigenvalue weighted by atomic mass is 16.5. The summed E-state index contributed by atoms with van der Waals surface area (Å²) in [4.78, 5) is 4.06.